The summed E-state index contributed by atoms with van der Waals surface area (Å²) in [6.45, 7) is 4.21. The van der Waals surface area contributed by atoms with Gasteiger partial charge >= 0.3 is 0 Å². The van der Waals surface area contributed by atoms with Gasteiger partial charge in [-0.3, -0.25) is 4.68 Å². The van der Waals surface area contributed by atoms with Crippen molar-refractivity contribution in [3.05, 3.63) is 17.6 Å². The van der Waals surface area contributed by atoms with Gasteiger partial charge in [-0.1, -0.05) is 19.0 Å². The van der Waals surface area contributed by atoms with Crippen molar-refractivity contribution in [2.45, 2.75) is 44.6 Å². The molecule has 2 aromatic heterocycles. The van der Waals surface area contributed by atoms with Crippen LogP contribution in [-0.4, -0.2) is 19.9 Å². The fraction of sp³-hybridized carbons (Fsp3) is 0.615. The Morgan fingerprint density at radius 3 is 2.60 bits per heavy atom. The molecule has 7 heteroatoms. The van der Waals surface area contributed by atoms with Gasteiger partial charge in [0.15, 0.2) is 5.82 Å². The van der Waals surface area contributed by atoms with Crippen LogP contribution < -0.4 is 5.73 Å². The third kappa shape index (κ3) is 2.33. The molecule has 2 N–H and O–H groups in total. The summed E-state index contributed by atoms with van der Waals surface area (Å²) < 4.78 is 7.12. The quantitative estimate of drug-likeness (QED) is 0.940. The zero-order valence-corrected chi connectivity index (χ0v) is 12.8. The molecule has 1 aliphatic rings. The SMILES string of the molecule is CC(C)c1cc(-c2nc(C3(N)CCC3)no2)n(C)n1.Cl. The predicted octanol–water partition coefficient (Wildman–Crippen LogP) is 2.35. The van der Waals surface area contributed by atoms with Gasteiger partial charge < -0.3 is 10.3 Å². The lowest BCUT2D eigenvalue weighted by Crippen LogP contribution is -2.44. The maximum absolute atomic E-state index is 6.20. The molecule has 0 saturated heterocycles. The summed E-state index contributed by atoms with van der Waals surface area (Å²) in [6.07, 6.45) is 2.98. The van der Waals surface area contributed by atoms with E-state index in [1.807, 2.05) is 13.1 Å². The number of aromatic nitrogens is 4. The van der Waals surface area contributed by atoms with Crippen LogP contribution in [0, 0.1) is 0 Å². The second kappa shape index (κ2) is 5.18. The van der Waals surface area contributed by atoms with Crippen molar-refractivity contribution in [3.8, 4) is 11.6 Å². The third-order valence-corrected chi connectivity index (χ3v) is 3.83. The number of aryl methyl sites for hydroxylation is 1. The first-order valence-corrected chi connectivity index (χ1v) is 6.67. The fourth-order valence-electron chi connectivity index (χ4n) is 2.28. The smallest absolute Gasteiger partial charge is 0.276 e. The van der Waals surface area contributed by atoms with Crippen LogP contribution in [0.1, 0.15) is 50.5 Å². The zero-order chi connectivity index (χ0) is 13.6. The van der Waals surface area contributed by atoms with E-state index in [1.165, 1.54) is 0 Å². The Labute approximate surface area is 124 Å². The van der Waals surface area contributed by atoms with Gasteiger partial charge in [0.05, 0.1) is 11.2 Å². The van der Waals surface area contributed by atoms with Crippen molar-refractivity contribution in [3.63, 3.8) is 0 Å². The van der Waals surface area contributed by atoms with Crippen LogP contribution in [0.4, 0.5) is 0 Å². The van der Waals surface area contributed by atoms with Crippen molar-refractivity contribution < 1.29 is 4.52 Å². The summed E-state index contributed by atoms with van der Waals surface area (Å²) in [5.41, 5.74) is 7.67. The Morgan fingerprint density at radius 1 is 1.40 bits per heavy atom. The lowest BCUT2D eigenvalue weighted by Gasteiger charge is -2.34. The molecular formula is C13H20ClN5O. The minimum atomic E-state index is -0.388. The van der Waals surface area contributed by atoms with Crippen molar-refractivity contribution in [2.75, 3.05) is 0 Å². The van der Waals surface area contributed by atoms with Crippen LogP contribution >= 0.6 is 12.4 Å². The zero-order valence-electron chi connectivity index (χ0n) is 12.0. The van der Waals surface area contributed by atoms with E-state index in [1.54, 1.807) is 4.68 Å². The van der Waals surface area contributed by atoms with E-state index in [4.69, 9.17) is 10.3 Å². The lowest BCUT2D eigenvalue weighted by atomic mass is 9.77. The number of halogens is 1. The normalized spacial score (nSPS) is 16.9. The van der Waals surface area contributed by atoms with Gasteiger partial charge in [-0.05, 0) is 31.2 Å². The molecule has 0 spiro atoms. The molecule has 0 radical (unpaired) electrons. The molecule has 20 heavy (non-hydrogen) atoms. The summed E-state index contributed by atoms with van der Waals surface area (Å²) >= 11 is 0. The largest absolute Gasteiger partial charge is 0.332 e. The molecule has 1 aliphatic carbocycles. The number of nitrogens with two attached hydrogens (primary N) is 1. The second-order valence-corrected chi connectivity index (χ2v) is 5.67. The van der Waals surface area contributed by atoms with Crippen LogP contribution in [0.2, 0.25) is 0 Å². The average Bonchev–Trinajstić information content (AvgIpc) is 2.92. The van der Waals surface area contributed by atoms with Crippen LogP contribution in [0.5, 0.6) is 0 Å². The van der Waals surface area contributed by atoms with Crippen LogP contribution in [-0.2, 0) is 12.6 Å². The van der Waals surface area contributed by atoms with Crippen molar-refractivity contribution in [2.24, 2.45) is 12.8 Å². The Hall–Kier alpha value is -1.40. The van der Waals surface area contributed by atoms with Crippen LogP contribution in [0.3, 0.4) is 0 Å². The van der Waals surface area contributed by atoms with Gasteiger partial charge in [0.1, 0.15) is 5.69 Å². The molecule has 0 aliphatic heterocycles. The minimum absolute atomic E-state index is 0. The van der Waals surface area contributed by atoms with Gasteiger partial charge in [-0.2, -0.15) is 10.1 Å². The lowest BCUT2D eigenvalue weighted by molar-refractivity contribution is 0.229. The Bertz CT molecular complexity index is 600. The fourth-order valence-corrected chi connectivity index (χ4v) is 2.28. The standard InChI is InChI=1S/C13H19N5O.ClH/c1-8(2)9-7-10(18(3)16-9)11-15-12(17-19-11)13(14)5-4-6-13;/h7-8H,4-6,14H2,1-3H3;1H. The third-order valence-electron chi connectivity index (χ3n) is 3.83. The highest BCUT2D eigenvalue weighted by Gasteiger charge is 2.39. The van der Waals surface area contributed by atoms with E-state index in [0.717, 1.165) is 30.7 Å². The first kappa shape index (κ1) is 15.0. The molecule has 0 amide bonds. The summed E-state index contributed by atoms with van der Waals surface area (Å²) in [7, 11) is 1.88. The van der Waals surface area contributed by atoms with E-state index >= 15 is 0 Å². The number of hydrogen-bond acceptors (Lipinski definition) is 5. The molecule has 0 unspecified atom stereocenters. The summed E-state index contributed by atoms with van der Waals surface area (Å²) in [4.78, 5) is 4.44. The second-order valence-electron chi connectivity index (χ2n) is 5.67. The molecule has 110 valence electrons. The molecule has 2 heterocycles. The van der Waals surface area contributed by atoms with Gasteiger partial charge in [0, 0.05) is 7.05 Å². The predicted molar refractivity (Wildman–Crippen MR) is 77.6 cm³/mol. The Morgan fingerprint density at radius 2 is 2.10 bits per heavy atom. The number of nitrogens with zero attached hydrogens (tertiary/aromatic N) is 4. The Kier molecular flexibility index (Phi) is 3.88. The van der Waals surface area contributed by atoms with Crippen LogP contribution in [0.25, 0.3) is 11.6 Å². The summed E-state index contributed by atoms with van der Waals surface area (Å²) in [6, 6.07) is 1.99. The van der Waals surface area contributed by atoms with Crippen molar-refractivity contribution in [1.29, 1.82) is 0 Å². The van der Waals surface area contributed by atoms with Gasteiger partial charge in [-0.25, -0.2) is 0 Å². The molecule has 2 aromatic rings. The van der Waals surface area contributed by atoms with Crippen LogP contribution in [0.15, 0.2) is 10.6 Å². The van der Waals surface area contributed by atoms with Crippen molar-refractivity contribution >= 4 is 12.4 Å². The van der Waals surface area contributed by atoms with E-state index in [-0.39, 0.29) is 17.9 Å². The highest BCUT2D eigenvalue weighted by molar-refractivity contribution is 5.85. The minimum Gasteiger partial charge on any atom is -0.332 e. The van der Waals surface area contributed by atoms with Gasteiger partial charge in [0.25, 0.3) is 5.89 Å². The van der Waals surface area contributed by atoms with Crippen molar-refractivity contribution in [1.82, 2.24) is 19.9 Å². The Balaban J connectivity index is 0.00000147. The van der Waals surface area contributed by atoms with E-state index in [0.29, 0.717) is 17.6 Å². The molecule has 3 rings (SSSR count). The van der Waals surface area contributed by atoms with E-state index in [2.05, 4.69) is 29.1 Å². The molecule has 6 nitrogen and oxygen atoms in total. The highest BCUT2D eigenvalue weighted by Crippen LogP contribution is 2.37. The average molecular weight is 298 g/mol. The molecule has 0 bridgehead atoms. The van der Waals surface area contributed by atoms with Gasteiger partial charge in [0.2, 0.25) is 0 Å². The summed E-state index contributed by atoms with van der Waals surface area (Å²) in [5.74, 6) is 1.48. The number of rotatable bonds is 3. The van der Waals surface area contributed by atoms with E-state index < -0.39 is 0 Å². The van der Waals surface area contributed by atoms with E-state index in [9.17, 15) is 0 Å². The number of hydrogen-bond donors (Lipinski definition) is 1. The molecule has 1 saturated carbocycles. The molecule has 0 aromatic carbocycles. The highest BCUT2D eigenvalue weighted by atomic mass is 35.5. The van der Waals surface area contributed by atoms with Gasteiger partial charge in [-0.15, -0.1) is 12.4 Å². The summed E-state index contributed by atoms with van der Waals surface area (Å²) in [5, 5.41) is 8.48. The topological polar surface area (TPSA) is 82.8 Å². The molecule has 0 atom stereocenters. The maximum atomic E-state index is 6.20. The first-order chi connectivity index (χ1) is 8.99. The maximum Gasteiger partial charge on any atom is 0.276 e. The molecular weight excluding hydrogens is 278 g/mol. The molecule has 1 fully saturated rings. The monoisotopic (exact) mass is 297 g/mol. The first-order valence-electron chi connectivity index (χ1n) is 6.67.